The van der Waals surface area contributed by atoms with E-state index in [1.54, 1.807) is 6.92 Å². The maximum absolute atomic E-state index is 14.2. The number of morpholine rings is 1. The van der Waals surface area contributed by atoms with Gasteiger partial charge in [-0.05, 0) is 62.0 Å². The summed E-state index contributed by atoms with van der Waals surface area (Å²) in [5.41, 5.74) is 1.07. The predicted octanol–water partition coefficient (Wildman–Crippen LogP) is 4.76. The van der Waals surface area contributed by atoms with Crippen LogP contribution in [0.25, 0.3) is 0 Å². The molecule has 2 aliphatic heterocycles. The van der Waals surface area contributed by atoms with Gasteiger partial charge in [-0.1, -0.05) is 88.4 Å². The number of nitrogens with one attached hydrogen (secondary N) is 2. The van der Waals surface area contributed by atoms with Gasteiger partial charge >= 0.3 is 0 Å². The predicted molar refractivity (Wildman–Crippen MR) is 201 cm³/mol. The minimum absolute atomic E-state index is 0.0163. The van der Waals surface area contributed by atoms with Crippen molar-refractivity contribution in [3.8, 4) is 0 Å². The Kier molecular flexibility index (Phi) is 15.7. The van der Waals surface area contributed by atoms with E-state index in [1.807, 2.05) is 88.4 Å². The summed E-state index contributed by atoms with van der Waals surface area (Å²) in [4.78, 5) is 71.0. The molecule has 0 radical (unpaired) electrons. The number of carbonyl (C=O) groups excluding carboxylic acids is 5. The molecular weight excluding hydrogens is 658 g/mol. The van der Waals surface area contributed by atoms with Gasteiger partial charge in [0.15, 0.2) is 11.6 Å². The number of ether oxygens (including phenoxy) is 2. The highest BCUT2D eigenvalue weighted by molar-refractivity contribution is 5.98. The Balaban J connectivity index is 1.51. The van der Waals surface area contributed by atoms with E-state index < -0.39 is 29.5 Å². The third-order valence-electron chi connectivity index (χ3n) is 9.97. The van der Waals surface area contributed by atoms with Crippen LogP contribution in [0.15, 0.2) is 60.7 Å². The minimum Gasteiger partial charge on any atom is -0.379 e. The molecule has 2 N–H and O–H groups in total. The van der Waals surface area contributed by atoms with Crippen molar-refractivity contribution in [1.82, 2.24) is 15.5 Å². The Morgan fingerprint density at radius 3 is 1.87 bits per heavy atom. The molecule has 0 aliphatic carbocycles. The van der Waals surface area contributed by atoms with Crippen molar-refractivity contribution in [2.45, 2.75) is 97.2 Å². The number of ketones is 3. The molecule has 2 aliphatic rings. The summed E-state index contributed by atoms with van der Waals surface area (Å²) in [6.07, 6.45) is 2.18. The van der Waals surface area contributed by atoms with E-state index in [9.17, 15) is 24.0 Å². The van der Waals surface area contributed by atoms with E-state index >= 15 is 0 Å². The van der Waals surface area contributed by atoms with Crippen LogP contribution in [0.2, 0.25) is 0 Å². The third-order valence-corrected chi connectivity index (χ3v) is 9.97. The lowest BCUT2D eigenvalue weighted by molar-refractivity contribution is -0.136. The van der Waals surface area contributed by atoms with Crippen molar-refractivity contribution in [3.05, 3.63) is 71.8 Å². The van der Waals surface area contributed by atoms with E-state index in [1.165, 1.54) is 0 Å². The Morgan fingerprint density at radius 2 is 1.29 bits per heavy atom. The molecule has 2 heterocycles. The number of carbonyl (C=O) groups is 5. The second kappa shape index (κ2) is 19.9. The summed E-state index contributed by atoms with van der Waals surface area (Å²) in [6.45, 7) is 12.8. The molecule has 0 spiro atoms. The maximum atomic E-state index is 14.2. The SMILES string of the molecule is CC(C)C[C@H](NC(=O)[C@H](CCc1ccccc1)CC(=O)CN1CCOCC1)C(=O)C[C@@H](Cc1ccccc1)C(=O)N[C@H](CC(C)C)C(=O)[C@]1(C)CO1. The first-order valence-corrected chi connectivity index (χ1v) is 19.0. The fourth-order valence-corrected chi connectivity index (χ4v) is 6.84. The lowest BCUT2D eigenvalue weighted by Gasteiger charge is -2.28. The van der Waals surface area contributed by atoms with Crippen LogP contribution in [0, 0.1) is 23.7 Å². The molecule has 0 bridgehead atoms. The molecule has 284 valence electrons. The quantitative estimate of drug-likeness (QED) is 0.167. The first-order valence-electron chi connectivity index (χ1n) is 19.0. The fourth-order valence-electron chi connectivity index (χ4n) is 6.84. The summed E-state index contributed by atoms with van der Waals surface area (Å²) < 4.78 is 10.9. The van der Waals surface area contributed by atoms with Crippen molar-refractivity contribution in [1.29, 1.82) is 0 Å². The maximum Gasteiger partial charge on any atom is 0.224 e. The zero-order valence-electron chi connectivity index (χ0n) is 31.7. The van der Waals surface area contributed by atoms with Gasteiger partial charge in [0.2, 0.25) is 11.8 Å². The molecule has 0 saturated carbocycles. The number of epoxide rings is 1. The number of hydrogen-bond acceptors (Lipinski definition) is 8. The van der Waals surface area contributed by atoms with Gasteiger partial charge in [-0.2, -0.15) is 0 Å². The van der Waals surface area contributed by atoms with Crippen LogP contribution < -0.4 is 10.6 Å². The smallest absolute Gasteiger partial charge is 0.224 e. The van der Waals surface area contributed by atoms with Crippen LogP contribution in [-0.4, -0.2) is 91.2 Å². The summed E-state index contributed by atoms with van der Waals surface area (Å²) >= 11 is 0. The molecule has 4 rings (SSSR count). The van der Waals surface area contributed by atoms with Crippen LogP contribution in [0.4, 0.5) is 0 Å². The Morgan fingerprint density at radius 1 is 0.750 bits per heavy atom. The van der Waals surface area contributed by atoms with Gasteiger partial charge in [-0.3, -0.25) is 28.9 Å². The van der Waals surface area contributed by atoms with Crippen LogP contribution in [0.5, 0.6) is 0 Å². The molecule has 2 fully saturated rings. The van der Waals surface area contributed by atoms with E-state index in [4.69, 9.17) is 9.47 Å². The summed E-state index contributed by atoms with van der Waals surface area (Å²) in [5, 5.41) is 6.03. The highest BCUT2D eigenvalue weighted by Gasteiger charge is 2.50. The summed E-state index contributed by atoms with van der Waals surface area (Å²) in [5.74, 6) is -2.27. The second-order valence-electron chi connectivity index (χ2n) is 15.7. The number of hydrogen-bond donors (Lipinski definition) is 2. The monoisotopic (exact) mass is 717 g/mol. The average molecular weight is 718 g/mol. The number of benzene rings is 2. The largest absolute Gasteiger partial charge is 0.379 e. The van der Waals surface area contributed by atoms with Crippen molar-refractivity contribution in [3.63, 3.8) is 0 Å². The number of Topliss-reactive ketones (excluding diaryl/α,β-unsaturated/α-hetero) is 3. The zero-order chi connectivity index (χ0) is 37.7. The van der Waals surface area contributed by atoms with E-state index in [-0.39, 0.29) is 60.4 Å². The van der Waals surface area contributed by atoms with Crippen molar-refractivity contribution in [2.24, 2.45) is 23.7 Å². The molecule has 52 heavy (non-hydrogen) atoms. The van der Waals surface area contributed by atoms with Crippen LogP contribution >= 0.6 is 0 Å². The highest BCUT2D eigenvalue weighted by Crippen LogP contribution is 2.30. The van der Waals surface area contributed by atoms with E-state index in [0.29, 0.717) is 65.0 Å². The number of amides is 2. The first-order chi connectivity index (χ1) is 24.8. The lowest BCUT2D eigenvalue weighted by atomic mass is 9.87. The molecule has 10 heteroatoms. The highest BCUT2D eigenvalue weighted by atomic mass is 16.6. The van der Waals surface area contributed by atoms with Gasteiger partial charge in [0, 0.05) is 37.8 Å². The Hall–Kier alpha value is -3.73. The minimum atomic E-state index is -0.898. The van der Waals surface area contributed by atoms with Crippen molar-refractivity contribution < 1.29 is 33.4 Å². The van der Waals surface area contributed by atoms with E-state index in [2.05, 4.69) is 15.5 Å². The summed E-state index contributed by atoms with van der Waals surface area (Å²) in [7, 11) is 0. The van der Waals surface area contributed by atoms with Gasteiger partial charge < -0.3 is 20.1 Å². The Bertz CT molecular complexity index is 1470. The molecule has 0 aromatic heterocycles. The number of aryl methyl sites for hydroxylation is 1. The summed E-state index contributed by atoms with van der Waals surface area (Å²) in [6, 6.07) is 17.8. The molecule has 5 atom stereocenters. The molecule has 2 amide bonds. The normalized spacial score (nSPS) is 19.8. The Labute approximate surface area is 309 Å². The van der Waals surface area contributed by atoms with Gasteiger partial charge in [-0.15, -0.1) is 0 Å². The standard InChI is InChI=1S/C42H59N3O7/c1-29(2)22-36(43-40(49)33(17-16-31-12-8-6-9-13-31)25-35(46)27-45-18-20-51-21-19-45)38(47)26-34(24-32-14-10-7-11-15-32)41(50)44-37(23-30(3)4)39(48)42(5)28-52-42/h6-15,29-30,33-34,36-37H,16-28H2,1-5H3,(H,43,49)(H,44,50)/t33-,34-,36+,37-,42+/m1/s1. The van der Waals surface area contributed by atoms with Crippen molar-refractivity contribution in [2.75, 3.05) is 39.5 Å². The molecule has 0 unspecified atom stereocenters. The van der Waals surface area contributed by atoms with Crippen LogP contribution in [0.1, 0.15) is 77.8 Å². The van der Waals surface area contributed by atoms with Crippen molar-refractivity contribution >= 4 is 29.2 Å². The molecular formula is C42H59N3O7. The molecule has 2 saturated heterocycles. The number of nitrogens with zero attached hydrogens (tertiary/aromatic N) is 1. The topological polar surface area (TPSA) is 134 Å². The van der Waals surface area contributed by atoms with Gasteiger partial charge in [0.05, 0.1) is 38.4 Å². The van der Waals surface area contributed by atoms with Gasteiger partial charge in [-0.25, -0.2) is 0 Å². The third kappa shape index (κ3) is 13.4. The van der Waals surface area contributed by atoms with Gasteiger partial charge in [0.1, 0.15) is 11.4 Å². The van der Waals surface area contributed by atoms with Crippen LogP contribution in [0.3, 0.4) is 0 Å². The number of rotatable bonds is 22. The molecule has 2 aromatic carbocycles. The van der Waals surface area contributed by atoms with Crippen LogP contribution in [-0.2, 0) is 46.3 Å². The van der Waals surface area contributed by atoms with E-state index in [0.717, 1.165) is 11.1 Å². The second-order valence-corrected chi connectivity index (χ2v) is 15.7. The molecule has 10 nitrogen and oxygen atoms in total. The fraction of sp³-hybridized carbons (Fsp3) is 0.595. The average Bonchev–Trinajstić information content (AvgIpc) is 3.87. The zero-order valence-corrected chi connectivity index (χ0v) is 31.7. The lowest BCUT2D eigenvalue weighted by Crippen LogP contribution is -2.50. The first kappa shape index (κ1) is 41.0. The van der Waals surface area contributed by atoms with Gasteiger partial charge in [0.25, 0.3) is 0 Å². The molecule has 2 aromatic rings.